The molecule has 2 amide bonds. The number of para-hydroxylation sites is 1. The first-order chi connectivity index (χ1) is 8.65. The van der Waals surface area contributed by atoms with Crippen molar-refractivity contribution in [3.8, 4) is 0 Å². The van der Waals surface area contributed by atoms with E-state index in [0.29, 0.717) is 6.54 Å². The van der Waals surface area contributed by atoms with E-state index in [9.17, 15) is 9.18 Å². The third-order valence-electron chi connectivity index (χ3n) is 2.17. The van der Waals surface area contributed by atoms with Crippen LogP contribution < -0.4 is 10.6 Å². The van der Waals surface area contributed by atoms with Gasteiger partial charge in [-0.05, 0) is 40.2 Å². The SMILES string of the molecule is O=C(NCc1ccc(Br)s1)Nc1ccccc1F. The second kappa shape index (κ2) is 5.97. The molecule has 0 saturated heterocycles. The molecule has 0 spiro atoms. The number of halogens is 2. The van der Waals surface area contributed by atoms with Crippen molar-refractivity contribution in [3.63, 3.8) is 0 Å². The minimum absolute atomic E-state index is 0.169. The first-order valence-corrected chi connectivity index (χ1v) is 6.79. The van der Waals surface area contributed by atoms with Crippen molar-refractivity contribution in [2.24, 2.45) is 0 Å². The highest BCUT2D eigenvalue weighted by molar-refractivity contribution is 9.11. The van der Waals surface area contributed by atoms with Crippen molar-refractivity contribution >= 4 is 39.0 Å². The van der Waals surface area contributed by atoms with Crippen LogP contribution in [0.1, 0.15) is 4.88 Å². The predicted octanol–water partition coefficient (Wildman–Crippen LogP) is 3.97. The highest BCUT2D eigenvalue weighted by atomic mass is 79.9. The molecule has 2 N–H and O–H groups in total. The lowest BCUT2D eigenvalue weighted by Gasteiger charge is -2.07. The number of urea groups is 1. The number of thiophene rings is 1. The molecule has 0 atom stereocenters. The summed E-state index contributed by atoms with van der Waals surface area (Å²) >= 11 is 4.88. The van der Waals surface area contributed by atoms with E-state index in [2.05, 4.69) is 26.6 Å². The third kappa shape index (κ3) is 3.54. The third-order valence-corrected chi connectivity index (χ3v) is 3.80. The summed E-state index contributed by atoms with van der Waals surface area (Å²) in [5, 5.41) is 5.12. The number of hydrogen-bond acceptors (Lipinski definition) is 2. The second-order valence-electron chi connectivity index (χ2n) is 3.49. The van der Waals surface area contributed by atoms with E-state index in [1.165, 1.54) is 23.5 Å². The molecule has 6 heteroatoms. The molecule has 0 radical (unpaired) electrons. The Labute approximate surface area is 116 Å². The summed E-state index contributed by atoms with van der Waals surface area (Å²) in [6, 6.07) is 9.44. The zero-order chi connectivity index (χ0) is 13.0. The van der Waals surface area contributed by atoms with Gasteiger partial charge in [-0.25, -0.2) is 9.18 Å². The zero-order valence-corrected chi connectivity index (χ0v) is 11.6. The van der Waals surface area contributed by atoms with Gasteiger partial charge in [-0.3, -0.25) is 0 Å². The maximum absolute atomic E-state index is 13.3. The molecule has 1 aromatic carbocycles. The molecule has 0 aliphatic rings. The van der Waals surface area contributed by atoms with Crippen LogP contribution in [0.15, 0.2) is 40.2 Å². The van der Waals surface area contributed by atoms with Gasteiger partial charge in [-0.1, -0.05) is 12.1 Å². The van der Waals surface area contributed by atoms with E-state index in [4.69, 9.17) is 0 Å². The van der Waals surface area contributed by atoms with Crippen molar-refractivity contribution in [3.05, 3.63) is 50.9 Å². The average molecular weight is 329 g/mol. The van der Waals surface area contributed by atoms with Crippen molar-refractivity contribution in [2.75, 3.05) is 5.32 Å². The molecule has 0 unspecified atom stereocenters. The highest BCUT2D eigenvalue weighted by Crippen LogP contribution is 2.21. The largest absolute Gasteiger partial charge is 0.333 e. The molecule has 2 aromatic rings. The quantitative estimate of drug-likeness (QED) is 0.879. The van der Waals surface area contributed by atoms with Gasteiger partial charge in [0.2, 0.25) is 0 Å². The Hall–Kier alpha value is -1.40. The van der Waals surface area contributed by atoms with Crippen LogP contribution in [0.5, 0.6) is 0 Å². The van der Waals surface area contributed by atoms with Crippen LogP contribution >= 0.6 is 27.3 Å². The lowest BCUT2D eigenvalue weighted by Crippen LogP contribution is -2.28. The van der Waals surface area contributed by atoms with E-state index in [1.54, 1.807) is 12.1 Å². The summed E-state index contributed by atoms with van der Waals surface area (Å²) in [4.78, 5) is 12.6. The van der Waals surface area contributed by atoms with Crippen LogP contribution in [-0.4, -0.2) is 6.03 Å². The molecule has 0 aliphatic carbocycles. The number of nitrogens with one attached hydrogen (secondary N) is 2. The van der Waals surface area contributed by atoms with Gasteiger partial charge in [0.05, 0.1) is 16.0 Å². The lowest BCUT2D eigenvalue weighted by molar-refractivity contribution is 0.251. The minimum Gasteiger partial charge on any atom is -0.333 e. The molecule has 94 valence electrons. The number of anilines is 1. The number of carbonyl (C=O) groups is 1. The van der Waals surface area contributed by atoms with E-state index in [-0.39, 0.29) is 5.69 Å². The van der Waals surface area contributed by atoms with Gasteiger partial charge >= 0.3 is 6.03 Å². The predicted molar refractivity (Wildman–Crippen MR) is 74.3 cm³/mol. The number of carbonyl (C=O) groups excluding carboxylic acids is 1. The van der Waals surface area contributed by atoms with Gasteiger partial charge in [-0.15, -0.1) is 11.3 Å². The maximum Gasteiger partial charge on any atom is 0.319 e. The zero-order valence-electron chi connectivity index (χ0n) is 9.24. The van der Waals surface area contributed by atoms with Crippen LogP contribution in [0.4, 0.5) is 14.9 Å². The summed E-state index contributed by atoms with van der Waals surface area (Å²) in [6.45, 7) is 0.413. The fraction of sp³-hybridized carbons (Fsp3) is 0.0833. The Morgan fingerprint density at radius 3 is 2.72 bits per heavy atom. The van der Waals surface area contributed by atoms with Gasteiger partial charge in [0, 0.05) is 4.88 Å². The molecule has 18 heavy (non-hydrogen) atoms. The van der Waals surface area contributed by atoms with Gasteiger partial charge < -0.3 is 10.6 Å². The number of rotatable bonds is 3. The molecule has 2 rings (SSSR count). The highest BCUT2D eigenvalue weighted by Gasteiger charge is 2.06. The van der Waals surface area contributed by atoms with Gasteiger partial charge in [0.1, 0.15) is 5.82 Å². The molecule has 0 bridgehead atoms. The first-order valence-electron chi connectivity index (χ1n) is 5.19. The van der Waals surface area contributed by atoms with Gasteiger partial charge in [0.25, 0.3) is 0 Å². The smallest absolute Gasteiger partial charge is 0.319 e. The molecule has 1 heterocycles. The summed E-state index contributed by atoms with van der Waals surface area (Å²) in [7, 11) is 0. The van der Waals surface area contributed by atoms with E-state index in [0.717, 1.165) is 8.66 Å². The Morgan fingerprint density at radius 1 is 1.28 bits per heavy atom. The van der Waals surface area contributed by atoms with Crippen LogP contribution in [0.25, 0.3) is 0 Å². The molecule has 0 aliphatic heterocycles. The van der Waals surface area contributed by atoms with Crippen molar-refractivity contribution < 1.29 is 9.18 Å². The molecule has 0 saturated carbocycles. The van der Waals surface area contributed by atoms with Crippen LogP contribution in [0.2, 0.25) is 0 Å². The monoisotopic (exact) mass is 328 g/mol. The minimum atomic E-state index is -0.452. The van der Waals surface area contributed by atoms with Crippen molar-refractivity contribution in [2.45, 2.75) is 6.54 Å². The summed E-state index contributed by atoms with van der Waals surface area (Å²) in [5.41, 5.74) is 0.169. The fourth-order valence-corrected chi connectivity index (χ4v) is 2.77. The van der Waals surface area contributed by atoms with E-state index in [1.807, 2.05) is 12.1 Å². The Kier molecular flexibility index (Phi) is 4.33. The number of benzene rings is 1. The topological polar surface area (TPSA) is 41.1 Å². The molecular weight excluding hydrogens is 319 g/mol. The van der Waals surface area contributed by atoms with Crippen LogP contribution in [0, 0.1) is 5.82 Å². The molecule has 3 nitrogen and oxygen atoms in total. The Morgan fingerprint density at radius 2 is 2.06 bits per heavy atom. The lowest BCUT2D eigenvalue weighted by atomic mass is 10.3. The number of hydrogen-bond donors (Lipinski definition) is 2. The average Bonchev–Trinajstić information content (AvgIpc) is 2.76. The summed E-state index contributed by atoms with van der Waals surface area (Å²) in [5.74, 6) is -0.452. The summed E-state index contributed by atoms with van der Waals surface area (Å²) in [6.07, 6.45) is 0. The molecule has 0 fully saturated rings. The second-order valence-corrected chi connectivity index (χ2v) is 6.04. The van der Waals surface area contributed by atoms with Crippen molar-refractivity contribution in [1.29, 1.82) is 0 Å². The fourth-order valence-electron chi connectivity index (χ4n) is 1.34. The van der Waals surface area contributed by atoms with Crippen molar-refractivity contribution in [1.82, 2.24) is 5.32 Å². The molecule has 1 aromatic heterocycles. The van der Waals surface area contributed by atoms with Gasteiger partial charge in [-0.2, -0.15) is 0 Å². The summed E-state index contributed by atoms with van der Waals surface area (Å²) < 4.78 is 14.3. The maximum atomic E-state index is 13.3. The Balaban J connectivity index is 1.88. The van der Waals surface area contributed by atoms with E-state index >= 15 is 0 Å². The van der Waals surface area contributed by atoms with Crippen LogP contribution in [0.3, 0.4) is 0 Å². The van der Waals surface area contributed by atoms with Gasteiger partial charge in [0.15, 0.2) is 0 Å². The Bertz CT molecular complexity index is 559. The van der Waals surface area contributed by atoms with Crippen LogP contribution in [-0.2, 0) is 6.54 Å². The molecular formula is C12H10BrFN2OS. The standard InChI is InChI=1S/C12H10BrFN2OS/c13-11-6-5-8(18-11)7-15-12(17)16-10-4-2-1-3-9(10)14/h1-6H,7H2,(H2,15,16,17). The van der Waals surface area contributed by atoms with E-state index < -0.39 is 11.8 Å². The normalized spacial score (nSPS) is 10.1. The first kappa shape index (κ1) is 13.0. The number of amides is 2.